The van der Waals surface area contributed by atoms with Crippen LogP contribution in [-0.2, 0) is 11.2 Å². The highest BCUT2D eigenvalue weighted by atomic mass is 16.3. The van der Waals surface area contributed by atoms with Crippen LogP contribution in [0, 0.1) is 11.8 Å². The van der Waals surface area contributed by atoms with Crippen molar-refractivity contribution in [2.24, 2.45) is 11.8 Å². The smallest absolute Gasteiger partial charge is 0.237 e. The largest absolute Gasteiger partial charge is 0.469 e. The van der Waals surface area contributed by atoms with Gasteiger partial charge in [-0.15, -0.1) is 0 Å². The lowest BCUT2D eigenvalue weighted by molar-refractivity contribution is -0.124. The van der Waals surface area contributed by atoms with E-state index in [0.717, 1.165) is 24.6 Å². The average Bonchev–Trinajstić information content (AvgIpc) is 3.03. The molecule has 1 aliphatic carbocycles. The van der Waals surface area contributed by atoms with Crippen LogP contribution in [0.5, 0.6) is 0 Å². The predicted octanol–water partition coefficient (Wildman–Crippen LogP) is 1.71. The molecule has 2 aliphatic rings. The fourth-order valence-corrected chi connectivity index (χ4v) is 3.59. The van der Waals surface area contributed by atoms with E-state index in [1.807, 2.05) is 19.1 Å². The monoisotopic (exact) mass is 262 g/mol. The van der Waals surface area contributed by atoms with E-state index in [9.17, 15) is 4.79 Å². The van der Waals surface area contributed by atoms with Crippen LogP contribution in [0.2, 0.25) is 0 Å². The summed E-state index contributed by atoms with van der Waals surface area (Å²) in [5.74, 6) is 2.35. The predicted molar refractivity (Wildman–Crippen MR) is 72.6 cm³/mol. The minimum atomic E-state index is 0.0200. The fourth-order valence-electron chi connectivity index (χ4n) is 3.59. The number of amides is 1. The number of carbonyl (C=O) groups is 1. The summed E-state index contributed by atoms with van der Waals surface area (Å²) in [5.41, 5.74) is 0. The van der Waals surface area contributed by atoms with Gasteiger partial charge in [0.1, 0.15) is 5.76 Å². The van der Waals surface area contributed by atoms with Crippen LogP contribution >= 0.6 is 0 Å². The number of fused-ring (bicyclic) bond motifs is 1. The zero-order valence-electron chi connectivity index (χ0n) is 11.4. The molecule has 3 rings (SSSR count). The standard InChI is InChI=1S/C15H22N2O2/c1-10(8-12-5-3-7-19-12)17-15(18)14-13-6-2-4-11(13)9-16-14/h3,5,7,10-11,13-14,16H,2,4,6,8-9H2,1H3,(H,17,18). The number of furan rings is 1. The van der Waals surface area contributed by atoms with Crippen molar-refractivity contribution in [3.8, 4) is 0 Å². The third-order valence-corrected chi connectivity index (χ3v) is 4.50. The van der Waals surface area contributed by atoms with Crippen molar-refractivity contribution in [1.82, 2.24) is 10.6 Å². The molecule has 104 valence electrons. The third kappa shape index (κ3) is 2.68. The van der Waals surface area contributed by atoms with Gasteiger partial charge in [-0.3, -0.25) is 4.79 Å². The van der Waals surface area contributed by atoms with E-state index in [-0.39, 0.29) is 18.0 Å². The van der Waals surface area contributed by atoms with Gasteiger partial charge in [0, 0.05) is 12.5 Å². The van der Waals surface area contributed by atoms with Crippen molar-refractivity contribution in [2.45, 2.75) is 44.7 Å². The Morgan fingerprint density at radius 3 is 3.26 bits per heavy atom. The lowest BCUT2D eigenvalue weighted by Gasteiger charge is -2.20. The van der Waals surface area contributed by atoms with Crippen molar-refractivity contribution in [1.29, 1.82) is 0 Å². The Kier molecular flexibility index (Phi) is 3.60. The molecule has 1 aromatic rings. The first-order chi connectivity index (χ1) is 9.24. The van der Waals surface area contributed by atoms with E-state index >= 15 is 0 Å². The second-order valence-corrected chi connectivity index (χ2v) is 5.93. The van der Waals surface area contributed by atoms with Crippen LogP contribution in [0.1, 0.15) is 31.9 Å². The Morgan fingerprint density at radius 2 is 2.47 bits per heavy atom. The molecule has 0 aromatic carbocycles. The van der Waals surface area contributed by atoms with E-state index in [4.69, 9.17) is 4.42 Å². The molecule has 0 radical (unpaired) electrons. The number of rotatable bonds is 4. The maximum Gasteiger partial charge on any atom is 0.237 e. The van der Waals surface area contributed by atoms with E-state index in [1.165, 1.54) is 19.3 Å². The maximum absolute atomic E-state index is 12.3. The number of hydrogen-bond acceptors (Lipinski definition) is 3. The first-order valence-corrected chi connectivity index (χ1v) is 7.30. The fraction of sp³-hybridized carbons (Fsp3) is 0.667. The Labute approximate surface area is 113 Å². The molecule has 0 bridgehead atoms. The van der Waals surface area contributed by atoms with Crippen LogP contribution in [-0.4, -0.2) is 24.5 Å². The molecule has 1 aliphatic heterocycles. The van der Waals surface area contributed by atoms with Crippen LogP contribution < -0.4 is 10.6 Å². The Balaban J connectivity index is 1.53. The first-order valence-electron chi connectivity index (χ1n) is 7.30. The number of nitrogens with one attached hydrogen (secondary N) is 2. The molecule has 2 heterocycles. The summed E-state index contributed by atoms with van der Waals surface area (Å²) in [4.78, 5) is 12.3. The molecule has 1 saturated carbocycles. The molecule has 0 spiro atoms. The van der Waals surface area contributed by atoms with Crippen molar-refractivity contribution >= 4 is 5.91 Å². The van der Waals surface area contributed by atoms with Gasteiger partial charge in [-0.05, 0) is 50.3 Å². The van der Waals surface area contributed by atoms with Gasteiger partial charge in [0.15, 0.2) is 0 Å². The van der Waals surface area contributed by atoms with Crippen molar-refractivity contribution in [3.05, 3.63) is 24.2 Å². The highest BCUT2D eigenvalue weighted by molar-refractivity contribution is 5.82. The highest BCUT2D eigenvalue weighted by Gasteiger charge is 2.42. The molecule has 4 nitrogen and oxygen atoms in total. The molecule has 1 saturated heterocycles. The molecule has 4 atom stereocenters. The van der Waals surface area contributed by atoms with E-state index in [1.54, 1.807) is 6.26 Å². The summed E-state index contributed by atoms with van der Waals surface area (Å²) >= 11 is 0. The molecule has 1 amide bonds. The summed E-state index contributed by atoms with van der Waals surface area (Å²) in [5, 5.41) is 6.50. The molecule has 4 unspecified atom stereocenters. The van der Waals surface area contributed by atoms with Gasteiger partial charge in [-0.2, -0.15) is 0 Å². The average molecular weight is 262 g/mol. The van der Waals surface area contributed by atoms with E-state index in [0.29, 0.717) is 5.92 Å². The molecule has 2 N–H and O–H groups in total. The summed E-state index contributed by atoms with van der Waals surface area (Å²) in [6.07, 6.45) is 6.18. The molecule has 2 fully saturated rings. The Hall–Kier alpha value is -1.29. The van der Waals surface area contributed by atoms with Crippen LogP contribution in [0.15, 0.2) is 22.8 Å². The first kappa shape index (κ1) is 12.7. The van der Waals surface area contributed by atoms with Gasteiger partial charge in [-0.1, -0.05) is 6.42 Å². The minimum absolute atomic E-state index is 0.0200. The second kappa shape index (κ2) is 5.37. The van der Waals surface area contributed by atoms with Crippen molar-refractivity contribution in [3.63, 3.8) is 0 Å². The summed E-state index contributed by atoms with van der Waals surface area (Å²) in [7, 11) is 0. The van der Waals surface area contributed by atoms with Crippen LogP contribution in [0.4, 0.5) is 0 Å². The summed E-state index contributed by atoms with van der Waals surface area (Å²) in [6, 6.07) is 3.96. The number of hydrogen-bond donors (Lipinski definition) is 2. The normalized spacial score (nSPS) is 31.1. The summed E-state index contributed by atoms with van der Waals surface area (Å²) < 4.78 is 5.31. The molecule has 1 aromatic heterocycles. The molecule has 4 heteroatoms. The third-order valence-electron chi connectivity index (χ3n) is 4.50. The minimum Gasteiger partial charge on any atom is -0.469 e. The van der Waals surface area contributed by atoms with Gasteiger partial charge in [-0.25, -0.2) is 0 Å². The SMILES string of the molecule is CC(Cc1ccco1)NC(=O)C1NCC2CCCC21. The molecular formula is C15H22N2O2. The van der Waals surface area contributed by atoms with Crippen molar-refractivity contribution < 1.29 is 9.21 Å². The Bertz CT molecular complexity index is 429. The lowest BCUT2D eigenvalue weighted by atomic mass is 9.93. The van der Waals surface area contributed by atoms with Crippen LogP contribution in [0.25, 0.3) is 0 Å². The zero-order chi connectivity index (χ0) is 13.2. The molecular weight excluding hydrogens is 240 g/mol. The highest BCUT2D eigenvalue weighted by Crippen LogP contribution is 2.37. The van der Waals surface area contributed by atoms with Gasteiger partial charge in [0.25, 0.3) is 0 Å². The van der Waals surface area contributed by atoms with Gasteiger partial charge in [0.2, 0.25) is 5.91 Å². The van der Waals surface area contributed by atoms with E-state index < -0.39 is 0 Å². The van der Waals surface area contributed by atoms with Crippen molar-refractivity contribution in [2.75, 3.05) is 6.54 Å². The topological polar surface area (TPSA) is 54.3 Å². The summed E-state index contributed by atoms with van der Waals surface area (Å²) in [6.45, 7) is 3.04. The van der Waals surface area contributed by atoms with Gasteiger partial charge < -0.3 is 15.1 Å². The zero-order valence-corrected chi connectivity index (χ0v) is 11.4. The Morgan fingerprint density at radius 1 is 1.58 bits per heavy atom. The lowest BCUT2D eigenvalue weighted by Crippen LogP contribution is -2.47. The quantitative estimate of drug-likeness (QED) is 0.868. The van der Waals surface area contributed by atoms with E-state index in [2.05, 4.69) is 10.6 Å². The van der Waals surface area contributed by atoms with Gasteiger partial charge in [0.05, 0.1) is 12.3 Å². The maximum atomic E-state index is 12.3. The van der Waals surface area contributed by atoms with Gasteiger partial charge >= 0.3 is 0 Å². The van der Waals surface area contributed by atoms with Crippen LogP contribution in [0.3, 0.4) is 0 Å². The number of carbonyl (C=O) groups excluding carboxylic acids is 1. The second-order valence-electron chi connectivity index (χ2n) is 5.93. The molecule has 19 heavy (non-hydrogen) atoms.